The van der Waals surface area contributed by atoms with Gasteiger partial charge in [-0.3, -0.25) is 4.79 Å². The zero-order valence-electron chi connectivity index (χ0n) is 10.0. The zero-order valence-corrected chi connectivity index (χ0v) is 12.4. The van der Waals surface area contributed by atoms with Crippen molar-refractivity contribution in [2.24, 2.45) is 0 Å². The molecule has 0 saturated carbocycles. The highest BCUT2D eigenvalue weighted by Gasteiger charge is 2.14. The highest BCUT2D eigenvalue weighted by Crippen LogP contribution is 2.22. The summed E-state index contributed by atoms with van der Waals surface area (Å²) in [6.45, 7) is 1.62. The Balaban J connectivity index is 2.05. The molecule has 0 bridgehead atoms. The summed E-state index contributed by atoms with van der Waals surface area (Å²) in [4.78, 5) is 14.9. The Morgan fingerprint density at radius 1 is 1.58 bits per heavy atom. The molecule has 0 fully saturated rings. The fourth-order valence-electron chi connectivity index (χ4n) is 1.33. The average molecular weight is 343 g/mol. The van der Waals surface area contributed by atoms with Crippen molar-refractivity contribution in [3.8, 4) is 11.4 Å². The van der Waals surface area contributed by atoms with Gasteiger partial charge in [-0.05, 0) is 19.1 Å². The van der Waals surface area contributed by atoms with E-state index in [2.05, 4.69) is 26.1 Å². The number of nitrogens with zero attached hydrogens (tertiary/aromatic N) is 2. The van der Waals surface area contributed by atoms with Crippen molar-refractivity contribution in [3.63, 3.8) is 0 Å². The fourth-order valence-corrected chi connectivity index (χ4v) is 2.38. The highest BCUT2D eigenvalue weighted by atomic mass is 79.9. The predicted molar refractivity (Wildman–Crippen MR) is 75.8 cm³/mol. The minimum absolute atomic E-state index is 0.383. The van der Waals surface area contributed by atoms with E-state index in [1.165, 1.54) is 11.8 Å². The van der Waals surface area contributed by atoms with Gasteiger partial charge in [0.1, 0.15) is 0 Å². The van der Waals surface area contributed by atoms with Gasteiger partial charge in [-0.25, -0.2) is 0 Å². The number of rotatable bonds is 5. The van der Waals surface area contributed by atoms with E-state index in [1.807, 2.05) is 24.3 Å². The van der Waals surface area contributed by atoms with E-state index in [4.69, 9.17) is 9.63 Å². The lowest BCUT2D eigenvalue weighted by molar-refractivity contribution is -0.136. The summed E-state index contributed by atoms with van der Waals surface area (Å²) < 4.78 is 6.03. The van der Waals surface area contributed by atoms with E-state index < -0.39 is 11.2 Å². The van der Waals surface area contributed by atoms with Gasteiger partial charge in [0, 0.05) is 10.0 Å². The Morgan fingerprint density at radius 2 is 2.37 bits per heavy atom. The largest absolute Gasteiger partial charge is 0.480 e. The van der Waals surface area contributed by atoms with Crippen molar-refractivity contribution in [2.45, 2.75) is 17.9 Å². The quantitative estimate of drug-likeness (QED) is 0.898. The second kappa shape index (κ2) is 6.21. The third-order valence-electron chi connectivity index (χ3n) is 2.36. The Hall–Kier alpha value is -1.34. The molecule has 1 aromatic carbocycles. The predicted octanol–water partition coefficient (Wildman–Crippen LogP) is 3.21. The van der Waals surface area contributed by atoms with Crippen LogP contribution in [-0.4, -0.2) is 26.5 Å². The van der Waals surface area contributed by atoms with Crippen molar-refractivity contribution in [2.75, 3.05) is 0 Å². The van der Waals surface area contributed by atoms with Crippen LogP contribution in [0.3, 0.4) is 0 Å². The van der Waals surface area contributed by atoms with Crippen LogP contribution in [0.4, 0.5) is 0 Å². The zero-order chi connectivity index (χ0) is 13.8. The van der Waals surface area contributed by atoms with Gasteiger partial charge in [0.05, 0.1) is 11.0 Å². The summed E-state index contributed by atoms with van der Waals surface area (Å²) >= 11 is 4.62. The van der Waals surface area contributed by atoms with E-state index >= 15 is 0 Å². The minimum atomic E-state index is -0.850. The molecular weight excluding hydrogens is 332 g/mol. The molecule has 2 rings (SSSR count). The Kier molecular flexibility index (Phi) is 4.60. The normalized spacial score (nSPS) is 12.3. The van der Waals surface area contributed by atoms with E-state index in [0.29, 0.717) is 17.5 Å². The van der Waals surface area contributed by atoms with Crippen LogP contribution >= 0.6 is 27.7 Å². The van der Waals surface area contributed by atoms with Crippen LogP contribution < -0.4 is 0 Å². The van der Waals surface area contributed by atoms with E-state index in [0.717, 1.165) is 10.0 Å². The van der Waals surface area contributed by atoms with Crippen LogP contribution in [0.5, 0.6) is 0 Å². The molecular formula is C12H11BrN2O3S. The molecule has 0 saturated heterocycles. The summed E-state index contributed by atoms with van der Waals surface area (Å²) in [6, 6.07) is 7.57. The maximum atomic E-state index is 10.7. The number of carbonyl (C=O) groups is 1. The van der Waals surface area contributed by atoms with Gasteiger partial charge in [-0.1, -0.05) is 33.2 Å². The monoisotopic (exact) mass is 342 g/mol. The number of thioether (sulfide) groups is 1. The summed E-state index contributed by atoms with van der Waals surface area (Å²) in [5.74, 6) is 0.457. The van der Waals surface area contributed by atoms with Gasteiger partial charge in [0.25, 0.3) is 0 Å². The van der Waals surface area contributed by atoms with Crippen LogP contribution in [0.1, 0.15) is 12.8 Å². The fraction of sp³-hybridized carbons (Fsp3) is 0.250. The van der Waals surface area contributed by atoms with Crippen LogP contribution in [0.2, 0.25) is 0 Å². The molecule has 0 aliphatic heterocycles. The Bertz CT molecular complexity index is 588. The van der Waals surface area contributed by atoms with Gasteiger partial charge in [-0.15, -0.1) is 11.8 Å². The number of carboxylic acid groups (broad SMARTS) is 1. The number of hydrogen-bond donors (Lipinski definition) is 1. The van der Waals surface area contributed by atoms with Crippen molar-refractivity contribution in [3.05, 3.63) is 34.6 Å². The summed E-state index contributed by atoms with van der Waals surface area (Å²) in [5.41, 5.74) is 0.848. The first-order valence-electron chi connectivity index (χ1n) is 5.49. The molecule has 0 radical (unpaired) electrons. The summed E-state index contributed by atoms with van der Waals surface area (Å²) in [7, 11) is 0. The van der Waals surface area contributed by atoms with Crippen LogP contribution in [0.15, 0.2) is 33.3 Å². The molecule has 19 heavy (non-hydrogen) atoms. The number of halogens is 1. The summed E-state index contributed by atoms with van der Waals surface area (Å²) in [5, 5.41) is 12.2. The first-order valence-corrected chi connectivity index (χ1v) is 7.33. The minimum Gasteiger partial charge on any atom is -0.480 e. The van der Waals surface area contributed by atoms with Crippen LogP contribution in [0, 0.1) is 0 Å². The molecule has 1 atom stereocenters. The van der Waals surface area contributed by atoms with Gasteiger partial charge in [-0.2, -0.15) is 4.98 Å². The summed E-state index contributed by atoms with van der Waals surface area (Å²) in [6.07, 6.45) is 0. The molecule has 1 heterocycles. The maximum absolute atomic E-state index is 10.7. The number of benzene rings is 1. The molecule has 2 aromatic rings. The second-order valence-corrected chi connectivity index (χ2v) is 6.06. The number of carboxylic acids is 1. The molecule has 7 heteroatoms. The Morgan fingerprint density at radius 3 is 3.05 bits per heavy atom. The van der Waals surface area contributed by atoms with Gasteiger partial charge in [0.15, 0.2) is 0 Å². The second-order valence-electron chi connectivity index (χ2n) is 3.81. The molecule has 1 N–H and O–H groups in total. The van der Waals surface area contributed by atoms with Gasteiger partial charge < -0.3 is 9.63 Å². The average Bonchev–Trinajstić information content (AvgIpc) is 2.84. The van der Waals surface area contributed by atoms with Crippen molar-refractivity contribution < 1.29 is 14.4 Å². The van der Waals surface area contributed by atoms with Crippen molar-refractivity contribution in [1.29, 1.82) is 0 Å². The molecule has 5 nitrogen and oxygen atoms in total. The van der Waals surface area contributed by atoms with Crippen LogP contribution in [0.25, 0.3) is 11.4 Å². The lowest BCUT2D eigenvalue weighted by atomic mass is 10.2. The van der Waals surface area contributed by atoms with Crippen LogP contribution in [-0.2, 0) is 10.5 Å². The van der Waals surface area contributed by atoms with Gasteiger partial charge in [0.2, 0.25) is 11.7 Å². The van der Waals surface area contributed by atoms with E-state index in [9.17, 15) is 4.79 Å². The number of hydrogen-bond acceptors (Lipinski definition) is 5. The van der Waals surface area contributed by atoms with Gasteiger partial charge >= 0.3 is 5.97 Å². The number of aromatic nitrogens is 2. The molecule has 0 amide bonds. The topological polar surface area (TPSA) is 76.2 Å². The Labute approximate surface area is 122 Å². The third-order valence-corrected chi connectivity index (χ3v) is 3.96. The van der Waals surface area contributed by atoms with E-state index in [-0.39, 0.29) is 0 Å². The standard InChI is InChI=1S/C12H11BrN2O3S/c1-7(12(16)17)19-6-10-14-11(15-18-10)8-3-2-4-9(13)5-8/h2-5,7H,6H2,1H3,(H,16,17). The highest BCUT2D eigenvalue weighted by molar-refractivity contribution is 9.10. The third kappa shape index (κ3) is 3.81. The SMILES string of the molecule is CC(SCc1nc(-c2cccc(Br)c2)no1)C(=O)O. The van der Waals surface area contributed by atoms with Crippen molar-refractivity contribution >= 4 is 33.7 Å². The first kappa shape index (κ1) is 14.1. The lowest BCUT2D eigenvalue weighted by Crippen LogP contribution is -2.11. The molecule has 0 aliphatic rings. The molecule has 0 aliphatic carbocycles. The molecule has 100 valence electrons. The molecule has 1 unspecified atom stereocenters. The van der Waals surface area contributed by atoms with Crippen molar-refractivity contribution in [1.82, 2.24) is 10.1 Å². The van der Waals surface area contributed by atoms with E-state index in [1.54, 1.807) is 6.92 Å². The lowest BCUT2D eigenvalue weighted by Gasteiger charge is -2.01. The first-order chi connectivity index (χ1) is 9.06. The molecule has 1 aromatic heterocycles. The maximum Gasteiger partial charge on any atom is 0.316 e. The number of aliphatic carboxylic acids is 1. The smallest absolute Gasteiger partial charge is 0.316 e. The molecule has 0 spiro atoms.